The third-order valence-electron chi connectivity index (χ3n) is 3.04. The molecule has 106 valence electrons. The van der Waals surface area contributed by atoms with Crippen molar-refractivity contribution < 1.29 is 0 Å². The van der Waals surface area contributed by atoms with Gasteiger partial charge in [0, 0.05) is 16.1 Å². The molecule has 0 amide bonds. The van der Waals surface area contributed by atoms with Crippen LogP contribution in [0.15, 0.2) is 34.9 Å². The van der Waals surface area contributed by atoms with Crippen molar-refractivity contribution in [1.29, 1.82) is 0 Å². The predicted octanol–water partition coefficient (Wildman–Crippen LogP) is 4.07. The Morgan fingerprint density at radius 1 is 1.29 bits per heavy atom. The quantitative estimate of drug-likeness (QED) is 0.670. The van der Waals surface area contributed by atoms with E-state index in [9.17, 15) is 0 Å². The van der Waals surface area contributed by atoms with Crippen molar-refractivity contribution in [3.63, 3.8) is 0 Å². The number of rotatable bonds is 2. The Morgan fingerprint density at radius 2 is 2.10 bits per heavy atom. The lowest BCUT2D eigenvalue weighted by molar-refractivity contribution is 1.11. The fourth-order valence-corrected chi connectivity index (χ4v) is 2.57. The summed E-state index contributed by atoms with van der Waals surface area (Å²) in [6.07, 6.45) is 1.75. The van der Waals surface area contributed by atoms with Gasteiger partial charge in [0.2, 0.25) is 5.28 Å². The zero-order chi connectivity index (χ0) is 15.0. The fraction of sp³-hybridized carbons (Fsp3) is 0.0714. The molecule has 0 fully saturated rings. The van der Waals surface area contributed by atoms with E-state index in [2.05, 4.69) is 36.2 Å². The third-order valence-corrected chi connectivity index (χ3v) is 3.64. The molecule has 0 atom stereocenters. The number of aromatic nitrogens is 3. The molecular weight excluding hydrogens is 354 g/mol. The molecular formula is C14H11BrClN5. The monoisotopic (exact) mass is 363 g/mol. The highest BCUT2D eigenvalue weighted by atomic mass is 79.9. The first-order chi connectivity index (χ1) is 10.0. The lowest BCUT2D eigenvalue weighted by Crippen LogP contribution is -2.04. The second-order valence-corrected chi connectivity index (χ2v) is 5.75. The van der Waals surface area contributed by atoms with Gasteiger partial charge in [-0.3, -0.25) is 4.98 Å². The Balaban J connectivity index is 2.10. The van der Waals surface area contributed by atoms with E-state index in [1.54, 1.807) is 13.1 Å². The average Bonchev–Trinajstić information content (AvgIpc) is 2.44. The molecule has 0 spiro atoms. The Labute approximate surface area is 134 Å². The number of para-hydroxylation sites is 1. The number of nitrogens with two attached hydrogens (primary N) is 1. The summed E-state index contributed by atoms with van der Waals surface area (Å²) in [5, 5.41) is 4.34. The zero-order valence-corrected chi connectivity index (χ0v) is 13.4. The first-order valence-electron chi connectivity index (χ1n) is 6.15. The highest BCUT2D eigenvalue weighted by Gasteiger charge is 2.10. The molecule has 0 aliphatic heterocycles. The van der Waals surface area contributed by atoms with Crippen molar-refractivity contribution in [2.45, 2.75) is 6.92 Å². The SMILES string of the molecule is Cc1nc(Cl)nc(Nc2cccc3cc(Br)cnc23)c1N. The van der Waals surface area contributed by atoms with Crippen LogP contribution in [0.1, 0.15) is 5.69 Å². The maximum atomic E-state index is 5.99. The number of hydrogen-bond donors (Lipinski definition) is 2. The van der Waals surface area contributed by atoms with Crippen LogP contribution in [0.5, 0.6) is 0 Å². The molecule has 7 heteroatoms. The van der Waals surface area contributed by atoms with Gasteiger partial charge in [-0.05, 0) is 46.6 Å². The summed E-state index contributed by atoms with van der Waals surface area (Å²) in [6, 6.07) is 7.83. The topological polar surface area (TPSA) is 76.7 Å². The van der Waals surface area contributed by atoms with Crippen molar-refractivity contribution >= 4 is 55.6 Å². The molecule has 3 N–H and O–H groups in total. The van der Waals surface area contributed by atoms with Gasteiger partial charge >= 0.3 is 0 Å². The molecule has 3 rings (SSSR count). The van der Waals surface area contributed by atoms with Gasteiger partial charge in [0.1, 0.15) is 0 Å². The number of hydrogen-bond acceptors (Lipinski definition) is 5. The minimum Gasteiger partial charge on any atom is -0.394 e. The Hall–Kier alpha value is -1.92. The van der Waals surface area contributed by atoms with Crippen LogP contribution in [0.3, 0.4) is 0 Å². The van der Waals surface area contributed by atoms with Crippen molar-refractivity contribution in [2.75, 3.05) is 11.1 Å². The number of nitrogen functional groups attached to an aromatic ring is 1. The maximum absolute atomic E-state index is 5.99. The molecule has 0 unspecified atom stereocenters. The molecule has 3 aromatic rings. The van der Waals surface area contributed by atoms with Crippen LogP contribution in [-0.4, -0.2) is 15.0 Å². The Kier molecular flexibility index (Phi) is 3.65. The average molecular weight is 365 g/mol. The Morgan fingerprint density at radius 3 is 2.90 bits per heavy atom. The third kappa shape index (κ3) is 2.77. The number of pyridine rings is 1. The summed E-state index contributed by atoms with van der Waals surface area (Å²) in [5.74, 6) is 0.477. The molecule has 0 bridgehead atoms. The second kappa shape index (κ2) is 5.46. The number of benzene rings is 1. The molecule has 1 aromatic carbocycles. The van der Waals surface area contributed by atoms with E-state index in [0.29, 0.717) is 17.2 Å². The lowest BCUT2D eigenvalue weighted by Gasteiger charge is -2.12. The number of aryl methyl sites for hydroxylation is 1. The normalized spacial score (nSPS) is 10.8. The number of anilines is 3. The predicted molar refractivity (Wildman–Crippen MR) is 88.9 cm³/mol. The van der Waals surface area contributed by atoms with E-state index in [-0.39, 0.29) is 5.28 Å². The van der Waals surface area contributed by atoms with E-state index in [0.717, 1.165) is 21.1 Å². The van der Waals surface area contributed by atoms with Crippen molar-refractivity contribution in [3.05, 3.63) is 45.9 Å². The second-order valence-electron chi connectivity index (χ2n) is 4.50. The summed E-state index contributed by atoms with van der Waals surface area (Å²) in [6.45, 7) is 1.78. The van der Waals surface area contributed by atoms with Crippen LogP contribution in [-0.2, 0) is 0 Å². The van der Waals surface area contributed by atoms with Gasteiger partial charge in [0.25, 0.3) is 0 Å². The van der Waals surface area contributed by atoms with Crippen LogP contribution >= 0.6 is 27.5 Å². The lowest BCUT2D eigenvalue weighted by atomic mass is 10.2. The summed E-state index contributed by atoms with van der Waals surface area (Å²) in [5.41, 5.74) is 8.73. The van der Waals surface area contributed by atoms with E-state index >= 15 is 0 Å². The van der Waals surface area contributed by atoms with Crippen LogP contribution < -0.4 is 11.1 Å². The first kappa shape index (κ1) is 14.0. The maximum Gasteiger partial charge on any atom is 0.224 e. The Bertz CT molecular complexity index is 837. The molecule has 0 radical (unpaired) electrons. The fourth-order valence-electron chi connectivity index (χ4n) is 2.01. The van der Waals surface area contributed by atoms with E-state index < -0.39 is 0 Å². The van der Waals surface area contributed by atoms with Crippen LogP contribution in [0.25, 0.3) is 10.9 Å². The number of fused-ring (bicyclic) bond motifs is 1. The van der Waals surface area contributed by atoms with Crippen LogP contribution in [0.4, 0.5) is 17.2 Å². The van der Waals surface area contributed by atoms with E-state index in [1.165, 1.54) is 0 Å². The van der Waals surface area contributed by atoms with Crippen LogP contribution in [0.2, 0.25) is 5.28 Å². The van der Waals surface area contributed by atoms with Gasteiger partial charge in [-0.2, -0.15) is 4.98 Å². The van der Waals surface area contributed by atoms with E-state index in [1.807, 2.05) is 24.3 Å². The van der Waals surface area contributed by atoms with Gasteiger partial charge in [-0.25, -0.2) is 4.98 Å². The highest BCUT2D eigenvalue weighted by Crippen LogP contribution is 2.29. The minimum absolute atomic E-state index is 0.153. The standard InChI is InChI=1S/C14H11BrClN5/c1-7-11(17)13(21-14(16)19-7)20-10-4-2-3-8-5-9(15)6-18-12(8)10/h2-6H,17H2,1H3,(H,19,20,21). The van der Waals surface area contributed by atoms with Crippen molar-refractivity contribution in [2.24, 2.45) is 0 Å². The summed E-state index contributed by atoms with van der Waals surface area (Å²) >= 11 is 9.30. The molecule has 0 aliphatic carbocycles. The van der Waals surface area contributed by atoms with E-state index in [4.69, 9.17) is 17.3 Å². The van der Waals surface area contributed by atoms with Gasteiger partial charge in [0.05, 0.1) is 22.6 Å². The molecule has 0 saturated carbocycles. The minimum atomic E-state index is 0.153. The van der Waals surface area contributed by atoms with Crippen molar-refractivity contribution in [1.82, 2.24) is 15.0 Å². The molecule has 0 aliphatic rings. The molecule has 5 nitrogen and oxygen atoms in total. The van der Waals surface area contributed by atoms with Gasteiger partial charge in [-0.1, -0.05) is 12.1 Å². The highest BCUT2D eigenvalue weighted by molar-refractivity contribution is 9.10. The first-order valence-corrected chi connectivity index (χ1v) is 7.32. The smallest absolute Gasteiger partial charge is 0.224 e. The number of nitrogens with zero attached hydrogens (tertiary/aromatic N) is 3. The van der Waals surface area contributed by atoms with Crippen LogP contribution in [0, 0.1) is 6.92 Å². The molecule has 0 saturated heterocycles. The molecule has 2 heterocycles. The molecule has 21 heavy (non-hydrogen) atoms. The summed E-state index contributed by atoms with van der Waals surface area (Å²) in [7, 11) is 0. The number of halogens is 2. The summed E-state index contributed by atoms with van der Waals surface area (Å²) in [4.78, 5) is 12.6. The number of nitrogens with one attached hydrogen (secondary N) is 1. The zero-order valence-electron chi connectivity index (χ0n) is 11.1. The van der Waals surface area contributed by atoms with Gasteiger partial charge < -0.3 is 11.1 Å². The molecule has 2 aromatic heterocycles. The largest absolute Gasteiger partial charge is 0.394 e. The van der Waals surface area contributed by atoms with Crippen molar-refractivity contribution in [3.8, 4) is 0 Å². The summed E-state index contributed by atoms with van der Waals surface area (Å²) < 4.78 is 0.924. The van der Waals surface area contributed by atoms with Gasteiger partial charge in [0.15, 0.2) is 5.82 Å². The van der Waals surface area contributed by atoms with Gasteiger partial charge in [-0.15, -0.1) is 0 Å².